The van der Waals surface area contributed by atoms with Crippen molar-refractivity contribution in [3.8, 4) is 0 Å². The van der Waals surface area contributed by atoms with E-state index < -0.39 is 5.60 Å². The number of carbonyl (C=O) groups excluding carboxylic acids is 1. The van der Waals surface area contributed by atoms with Crippen LogP contribution >= 0.6 is 0 Å². The Hall–Kier alpha value is -2.69. The minimum Gasteiger partial charge on any atom is -0.438 e. The van der Waals surface area contributed by atoms with Crippen molar-refractivity contribution < 1.29 is 9.53 Å². The van der Waals surface area contributed by atoms with E-state index in [0.717, 1.165) is 28.3 Å². The zero-order valence-corrected chi connectivity index (χ0v) is 14.8. The van der Waals surface area contributed by atoms with Gasteiger partial charge in [0.25, 0.3) is 0 Å². The monoisotopic (exact) mass is 325 g/mol. The van der Waals surface area contributed by atoms with Gasteiger partial charge < -0.3 is 15.0 Å². The fraction of sp³-hybridized carbons (Fsp3) is 0.316. The maximum Gasteiger partial charge on any atom is 0.414 e. The van der Waals surface area contributed by atoms with Crippen LogP contribution in [0.2, 0.25) is 0 Å². The minimum absolute atomic E-state index is 0.326. The number of hydrogen-bond acceptors (Lipinski definition) is 4. The predicted molar refractivity (Wildman–Crippen MR) is 98.4 cm³/mol. The first-order valence-electron chi connectivity index (χ1n) is 7.93. The second-order valence-electron chi connectivity index (χ2n) is 6.74. The van der Waals surface area contributed by atoms with Crippen LogP contribution in [0.4, 0.5) is 27.5 Å². The van der Waals surface area contributed by atoms with Gasteiger partial charge in [0.05, 0.1) is 5.69 Å². The third kappa shape index (κ3) is 2.89. The molecule has 0 saturated heterocycles. The van der Waals surface area contributed by atoms with E-state index in [0.29, 0.717) is 0 Å². The van der Waals surface area contributed by atoms with Crippen LogP contribution in [0.5, 0.6) is 0 Å². The van der Waals surface area contributed by atoms with Gasteiger partial charge in [-0.25, -0.2) is 4.79 Å². The zero-order chi connectivity index (χ0) is 17.5. The molecule has 1 amide bonds. The van der Waals surface area contributed by atoms with Crippen molar-refractivity contribution in [3.05, 3.63) is 48.0 Å². The Bertz CT molecular complexity index is 767. The lowest BCUT2D eigenvalue weighted by Crippen LogP contribution is -2.41. The normalized spacial score (nSPS) is 15.5. The molecule has 0 saturated carbocycles. The van der Waals surface area contributed by atoms with Crippen LogP contribution in [-0.4, -0.2) is 27.2 Å². The Morgan fingerprint density at radius 3 is 2.29 bits per heavy atom. The molecule has 0 bridgehead atoms. The van der Waals surface area contributed by atoms with E-state index in [-0.39, 0.29) is 6.09 Å². The number of nitrogens with one attached hydrogen (secondary N) is 1. The molecule has 0 aromatic heterocycles. The number of carbonyl (C=O) groups is 1. The van der Waals surface area contributed by atoms with Crippen LogP contribution in [0.3, 0.4) is 0 Å². The van der Waals surface area contributed by atoms with E-state index in [1.807, 2.05) is 58.3 Å². The molecule has 0 radical (unpaired) electrons. The van der Waals surface area contributed by atoms with Gasteiger partial charge in [0.1, 0.15) is 5.60 Å². The van der Waals surface area contributed by atoms with Crippen molar-refractivity contribution >= 4 is 28.8 Å². The smallest absolute Gasteiger partial charge is 0.414 e. The summed E-state index contributed by atoms with van der Waals surface area (Å²) < 4.78 is 5.51. The zero-order valence-electron chi connectivity index (χ0n) is 14.8. The summed E-state index contributed by atoms with van der Waals surface area (Å²) >= 11 is 0. The first-order chi connectivity index (χ1) is 11.3. The molecule has 0 unspecified atom stereocenters. The van der Waals surface area contributed by atoms with E-state index in [1.54, 1.807) is 7.05 Å². The Morgan fingerprint density at radius 1 is 1.04 bits per heavy atom. The second kappa shape index (κ2) is 5.74. The number of hydrogen-bond donors (Lipinski definition) is 1. The van der Waals surface area contributed by atoms with Crippen molar-refractivity contribution in [1.82, 2.24) is 0 Å². The molecule has 2 aromatic rings. The highest BCUT2D eigenvalue weighted by Gasteiger charge is 2.36. The van der Waals surface area contributed by atoms with Crippen LogP contribution in [0.15, 0.2) is 42.5 Å². The molecule has 1 N–H and O–H groups in total. The number of cyclic esters (lactones) is 1. The Morgan fingerprint density at radius 2 is 1.67 bits per heavy atom. The Balaban J connectivity index is 1.90. The van der Waals surface area contributed by atoms with Crippen molar-refractivity contribution in [2.24, 2.45) is 0 Å². The molecule has 0 fully saturated rings. The summed E-state index contributed by atoms with van der Waals surface area (Å²) in [5.74, 6) is 0. The summed E-state index contributed by atoms with van der Waals surface area (Å²) in [6.07, 6.45) is -0.326. The molecule has 1 aliphatic heterocycles. The number of ether oxygens (including phenoxy) is 1. The first kappa shape index (κ1) is 16.2. The summed E-state index contributed by atoms with van der Waals surface area (Å²) in [5.41, 5.74) is 4.35. The molecule has 1 heterocycles. The summed E-state index contributed by atoms with van der Waals surface area (Å²) in [6.45, 7) is 3.82. The Labute approximate surface area is 142 Å². The van der Waals surface area contributed by atoms with Gasteiger partial charge in [-0.05, 0) is 56.3 Å². The molecule has 24 heavy (non-hydrogen) atoms. The Kier molecular flexibility index (Phi) is 3.87. The van der Waals surface area contributed by atoms with Crippen molar-refractivity contribution in [2.75, 3.05) is 36.3 Å². The van der Waals surface area contributed by atoms with E-state index in [9.17, 15) is 4.79 Å². The maximum atomic E-state index is 11.9. The van der Waals surface area contributed by atoms with Crippen LogP contribution < -0.4 is 15.1 Å². The molecule has 0 aliphatic carbocycles. The van der Waals surface area contributed by atoms with Gasteiger partial charge in [-0.2, -0.15) is 0 Å². The topological polar surface area (TPSA) is 44.8 Å². The summed E-state index contributed by atoms with van der Waals surface area (Å²) in [5, 5.41) is 3.41. The lowest BCUT2D eigenvalue weighted by atomic mass is 9.93. The third-order valence-electron chi connectivity index (χ3n) is 4.30. The van der Waals surface area contributed by atoms with E-state index in [2.05, 4.69) is 22.3 Å². The molecule has 0 atom stereocenters. The van der Waals surface area contributed by atoms with Crippen LogP contribution in [-0.2, 0) is 10.3 Å². The molecular formula is C19H23N3O2. The fourth-order valence-electron chi connectivity index (χ4n) is 2.84. The van der Waals surface area contributed by atoms with Crippen molar-refractivity contribution in [1.29, 1.82) is 0 Å². The molecule has 3 rings (SSSR count). The summed E-state index contributed by atoms with van der Waals surface area (Å²) in [7, 11) is 5.76. The van der Waals surface area contributed by atoms with E-state index in [1.165, 1.54) is 4.90 Å². The second-order valence-corrected chi connectivity index (χ2v) is 6.74. The number of amides is 1. The molecule has 5 heteroatoms. The average Bonchev–Trinajstić information content (AvgIpc) is 2.53. The molecular weight excluding hydrogens is 302 g/mol. The molecule has 0 spiro atoms. The van der Waals surface area contributed by atoms with E-state index in [4.69, 9.17) is 4.74 Å². The highest BCUT2D eigenvalue weighted by Crippen LogP contribution is 2.39. The van der Waals surface area contributed by atoms with Gasteiger partial charge in [-0.15, -0.1) is 0 Å². The SMILES string of the molecule is CN(C)c1ccc(Nc2ccc3c(c2)C(C)(C)OC(=O)N3C)cc1. The number of fused-ring (bicyclic) bond motifs is 1. The number of rotatable bonds is 3. The standard InChI is InChI=1S/C19H23N3O2/c1-19(2)16-12-14(8-11-17(16)22(5)18(23)24-19)20-13-6-9-15(10-7-13)21(3)4/h6-12,20H,1-5H3. The van der Waals surface area contributed by atoms with Gasteiger partial charge in [-0.3, -0.25) is 4.90 Å². The van der Waals surface area contributed by atoms with Gasteiger partial charge >= 0.3 is 6.09 Å². The van der Waals surface area contributed by atoms with Crippen LogP contribution in [0, 0.1) is 0 Å². The maximum absolute atomic E-state index is 11.9. The van der Waals surface area contributed by atoms with Crippen LogP contribution in [0.1, 0.15) is 19.4 Å². The molecule has 1 aliphatic rings. The minimum atomic E-state index is -0.647. The van der Waals surface area contributed by atoms with Gasteiger partial charge in [0, 0.05) is 43.8 Å². The highest BCUT2D eigenvalue weighted by molar-refractivity contribution is 5.91. The lowest BCUT2D eigenvalue weighted by molar-refractivity contribution is 0.0362. The fourth-order valence-corrected chi connectivity index (χ4v) is 2.84. The van der Waals surface area contributed by atoms with Crippen molar-refractivity contribution in [2.45, 2.75) is 19.4 Å². The number of benzene rings is 2. The number of nitrogens with zero attached hydrogens (tertiary/aromatic N) is 2. The average molecular weight is 325 g/mol. The highest BCUT2D eigenvalue weighted by atomic mass is 16.6. The van der Waals surface area contributed by atoms with E-state index >= 15 is 0 Å². The molecule has 5 nitrogen and oxygen atoms in total. The lowest BCUT2D eigenvalue weighted by Gasteiger charge is -2.37. The van der Waals surface area contributed by atoms with Crippen molar-refractivity contribution in [3.63, 3.8) is 0 Å². The van der Waals surface area contributed by atoms with Crippen LogP contribution in [0.25, 0.3) is 0 Å². The molecule has 2 aromatic carbocycles. The molecule has 126 valence electrons. The third-order valence-corrected chi connectivity index (χ3v) is 4.30. The quantitative estimate of drug-likeness (QED) is 0.913. The number of anilines is 4. The van der Waals surface area contributed by atoms with Gasteiger partial charge in [-0.1, -0.05) is 0 Å². The summed E-state index contributed by atoms with van der Waals surface area (Å²) in [4.78, 5) is 15.5. The predicted octanol–water partition coefficient (Wildman–Crippen LogP) is 4.32. The van der Waals surface area contributed by atoms with Gasteiger partial charge in [0.15, 0.2) is 0 Å². The first-order valence-corrected chi connectivity index (χ1v) is 7.93. The van der Waals surface area contributed by atoms with Gasteiger partial charge in [0.2, 0.25) is 0 Å². The largest absolute Gasteiger partial charge is 0.438 e. The summed E-state index contributed by atoms with van der Waals surface area (Å²) in [6, 6.07) is 14.2.